The van der Waals surface area contributed by atoms with Crippen molar-refractivity contribution in [1.29, 1.82) is 0 Å². The lowest BCUT2D eigenvalue weighted by Gasteiger charge is -2.27. The van der Waals surface area contributed by atoms with Gasteiger partial charge in [-0.1, -0.05) is 0 Å². The molecule has 8 heteroatoms. The van der Waals surface area contributed by atoms with Gasteiger partial charge >= 0.3 is 0 Å². The lowest BCUT2D eigenvalue weighted by molar-refractivity contribution is 0.147. The summed E-state index contributed by atoms with van der Waals surface area (Å²) in [6.45, 7) is 2.22. The lowest BCUT2D eigenvalue weighted by atomic mass is 10.5. The quantitative estimate of drug-likeness (QED) is 0.502. The van der Waals surface area contributed by atoms with Crippen LogP contribution >= 0.6 is 0 Å². The van der Waals surface area contributed by atoms with E-state index in [1.165, 1.54) is 0 Å². The Morgan fingerprint density at radius 2 is 1.67 bits per heavy atom. The summed E-state index contributed by atoms with van der Waals surface area (Å²) in [7, 11) is -7.80. The van der Waals surface area contributed by atoms with E-state index in [0.717, 1.165) is 13.8 Å². The Labute approximate surface area is 70.7 Å². The van der Waals surface area contributed by atoms with Gasteiger partial charge in [-0.15, -0.1) is 0 Å². The molecule has 12 heavy (non-hydrogen) atoms. The normalized spacial score (nSPS) is 31.2. The highest BCUT2D eigenvalue weighted by molar-refractivity contribution is 7.93. The van der Waals surface area contributed by atoms with Crippen LogP contribution in [0.5, 0.6) is 0 Å². The molecular formula is C4H8O6S2. The van der Waals surface area contributed by atoms with Gasteiger partial charge in [-0.05, 0) is 13.8 Å². The van der Waals surface area contributed by atoms with Gasteiger partial charge in [-0.3, -0.25) is 0 Å². The molecule has 1 rings (SSSR count). The van der Waals surface area contributed by atoms with Crippen molar-refractivity contribution in [3.63, 3.8) is 0 Å². The maximum absolute atomic E-state index is 11.0. The third-order valence-electron chi connectivity index (χ3n) is 1.28. The largest absolute Gasteiger partial charge is 0.299 e. The molecule has 0 aliphatic carbocycles. The highest BCUT2D eigenvalue weighted by atomic mass is 32.2. The van der Waals surface area contributed by atoms with Gasteiger partial charge in [0.2, 0.25) is 4.93 Å². The first-order valence-corrected chi connectivity index (χ1v) is 5.97. The van der Waals surface area contributed by atoms with Crippen molar-refractivity contribution in [2.45, 2.75) is 18.8 Å². The van der Waals surface area contributed by atoms with E-state index in [9.17, 15) is 16.8 Å². The highest BCUT2D eigenvalue weighted by Gasteiger charge is 2.46. The van der Waals surface area contributed by atoms with Crippen LogP contribution in [0.25, 0.3) is 0 Å². The second kappa shape index (κ2) is 2.41. The Bertz CT molecular complexity index is 374. The number of rotatable bonds is 0. The fourth-order valence-corrected chi connectivity index (χ4v) is 3.20. The van der Waals surface area contributed by atoms with Crippen molar-refractivity contribution in [3.05, 3.63) is 0 Å². The van der Waals surface area contributed by atoms with Crippen LogP contribution in [0.15, 0.2) is 0 Å². The van der Waals surface area contributed by atoms with Crippen molar-refractivity contribution < 1.29 is 25.2 Å². The molecule has 0 radical (unpaired) electrons. The molecule has 1 heterocycles. The minimum atomic E-state index is -3.93. The van der Waals surface area contributed by atoms with Gasteiger partial charge < -0.3 is 0 Å². The van der Waals surface area contributed by atoms with E-state index in [4.69, 9.17) is 0 Å². The first kappa shape index (κ1) is 9.90. The summed E-state index contributed by atoms with van der Waals surface area (Å²) in [4.78, 5) is -1.83. The first-order chi connectivity index (χ1) is 5.16. The second-order valence-corrected chi connectivity index (χ2v) is 6.38. The van der Waals surface area contributed by atoms with Crippen LogP contribution in [0.1, 0.15) is 13.8 Å². The van der Waals surface area contributed by atoms with E-state index in [1.807, 2.05) is 0 Å². The summed E-state index contributed by atoms with van der Waals surface area (Å²) in [6, 6.07) is 0. The molecule has 0 aromatic heterocycles. The van der Waals surface area contributed by atoms with Crippen LogP contribution in [0.4, 0.5) is 0 Å². The summed E-state index contributed by atoms with van der Waals surface area (Å²) < 4.78 is 51.9. The molecule has 1 aliphatic rings. The fourth-order valence-electron chi connectivity index (χ4n) is 0.636. The molecule has 0 unspecified atom stereocenters. The molecule has 1 aliphatic heterocycles. The molecule has 1 saturated heterocycles. The zero-order chi connectivity index (χ0) is 9.62. The average Bonchev–Trinajstić information content (AvgIpc) is 1.79. The minimum Gasteiger partial charge on any atom is -0.249 e. The van der Waals surface area contributed by atoms with Crippen molar-refractivity contribution in [2.75, 3.05) is 5.94 Å². The van der Waals surface area contributed by atoms with Crippen molar-refractivity contribution in [1.82, 2.24) is 0 Å². The Hall–Kier alpha value is -0.180. The predicted molar refractivity (Wildman–Crippen MR) is 39.0 cm³/mol. The smallest absolute Gasteiger partial charge is 0.249 e. The molecule has 1 fully saturated rings. The van der Waals surface area contributed by atoms with Crippen LogP contribution in [0, 0.1) is 0 Å². The van der Waals surface area contributed by atoms with Gasteiger partial charge in [0.1, 0.15) is 0 Å². The van der Waals surface area contributed by atoms with E-state index in [0.29, 0.717) is 0 Å². The maximum Gasteiger partial charge on any atom is 0.299 e. The van der Waals surface area contributed by atoms with Crippen LogP contribution in [-0.2, 0) is 28.6 Å². The lowest BCUT2D eigenvalue weighted by Crippen LogP contribution is -2.44. The van der Waals surface area contributed by atoms with Gasteiger partial charge in [0.05, 0.1) is 0 Å². The summed E-state index contributed by atoms with van der Waals surface area (Å²) in [6.07, 6.45) is 0. The van der Waals surface area contributed by atoms with E-state index in [-0.39, 0.29) is 0 Å². The van der Waals surface area contributed by atoms with Crippen molar-refractivity contribution in [2.24, 2.45) is 0 Å². The molecule has 6 nitrogen and oxygen atoms in total. The summed E-state index contributed by atoms with van der Waals surface area (Å²) in [5.74, 6) is -0.946. The molecular weight excluding hydrogens is 208 g/mol. The molecule has 0 atom stereocenters. The molecule has 0 N–H and O–H groups in total. The van der Waals surface area contributed by atoms with E-state index < -0.39 is 31.1 Å². The molecule has 0 aromatic carbocycles. The maximum atomic E-state index is 11.0. The SMILES string of the molecule is CC1(C)OS(=O)(=O)COS1(=O)=O. The third-order valence-corrected chi connectivity index (χ3v) is 4.32. The minimum absolute atomic E-state index is 0.946. The van der Waals surface area contributed by atoms with Gasteiger partial charge in [0.15, 0.2) is 5.94 Å². The molecule has 0 spiro atoms. The van der Waals surface area contributed by atoms with Gasteiger partial charge in [0.25, 0.3) is 20.2 Å². The third kappa shape index (κ3) is 1.60. The van der Waals surface area contributed by atoms with Crippen LogP contribution in [0.2, 0.25) is 0 Å². The van der Waals surface area contributed by atoms with Gasteiger partial charge in [0, 0.05) is 0 Å². The van der Waals surface area contributed by atoms with E-state index >= 15 is 0 Å². The Kier molecular flexibility index (Phi) is 1.99. The number of hydrogen-bond donors (Lipinski definition) is 0. The first-order valence-electron chi connectivity index (χ1n) is 2.99. The summed E-state index contributed by atoms with van der Waals surface area (Å²) in [5.41, 5.74) is 0. The van der Waals surface area contributed by atoms with Crippen LogP contribution in [0.3, 0.4) is 0 Å². The Balaban J connectivity index is 3.14. The molecule has 0 amide bonds. The molecule has 0 bridgehead atoms. The standard InChI is InChI=1S/C4H8O6S2/c1-4(2)10-11(5,6)3-9-12(4,7)8/h3H2,1-2H3. The summed E-state index contributed by atoms with van der Waals surface area (Å²) in [5, 5.41) is 0. The Morgan fingerprint density at radius 3 is 2.00 bits per heavy atom. The van der Waals surface area contributed by atoms with Crippen molar-refractivity contribution in [3.8, 4) is 0 Å². The highest BCUT2D eigenvalue weighted by Crippen LogP contribution is 2.27. The monoisotopic (exact) mass is 216 g/mol. The predicted octanol–water partition coefficient (Wildman–Crippen LogP) is -0.614. The van der Waals surface area contributed by atoms with Gasteiger partial charge in [-0.25, -0.2) is 8.37 Å². The Morgan fingerprint density at radius 1 is 1.17 bits per heavy atom. The van der Waals surface area contributed by atoms with Crippen molar-refractivity contribution >= 4 is 20.2 Å². The zero-order valence-electron chi connectivity index (χ0n) is 6.47. The van der Waals surface area contributed by atoms with E-state index in [1.54, 1.807) is 0 Å². The molecule has 72 valence electrons. The summed E-state index contributed by atoms with van der Waals surface area (Å²) >= 11 is 0. The molecule has 0 saturated carbocycles. The van der Waals surface area contributed by atoms with Gasteiger partial charge in [-0.2, -0.15) is 16.8 Å². The zero-order valence-corrected chi connectivity index (χ0v) is 8.11. The topological polar surface area (TPSA) is 86.7 Å². The van der Waals surface area contributed by atoms with E-state index in [2.05, 4.69) is 8.37 Å². The van der Waals surface area contributed by atoms with Crippen LogP contribution < -0.4 is 0 Å². The second-order valence-electron chi connectivity index (χ2n) is 2.73. The fraction of sp³-hybridized carbons (Fsp3) is 1.00. The van der Waals surface area contributed by atoms with Crippen LogP contribution in [-0.4, -0.2) is 27.7 Å². The molecule has 0 aromatic rings. The number of hydrogen-bond acceptors (Lipinski definition) is 6. The average molecular weight is 216 g/mol.